The first-order valence-electron chi connectivity index (χ1n) is 10.6. The van der Waals surface area contributed by atoms with E-state index in [-0.39, 0.29) is 62.2 Å². The number of rotatable bonds is 6. The van der Waals surface area contributed by atoms with Crippen molar-refractivity contribution >= 4 is 67.1 Å². The standard InChI is InChI=1S/C25H19Cl2N3O6S.Na/c1-13-9-15(11-21(22(13)27)37(33,34)35)29-30-23-17-6-4-3-5-14(17)10-18(24(23)31)25(32)28-20-8-7-16(36-2)12-19(20)26;/h3-12,31H,1-2H3,(H,28,32)(H,33,34,35);/q;+1/p-1. The molecule has 0 unspecified atom stereocenters. The molecule has 0 bridgehead atoms. The van der Waals surface area contributed by atoms with Crippen molar-refractivity contribution in [2.75, 3.05) is 12.4 Å². The molecule has 0 aromatic heterocycles. The van der Waals surface area contributed by atoms with Gasteiger partial charge in [0.05, 0.1) is 34.2 Å². The van der Waals surface area contributed by atoms with Gasteiger partial charge in [-0.3, -0.25) is 9.35 Å². The molecule has 4 aromatic rings. The van der Waals surface area contributed by atoms with E-state index in [9.17, 15) is 22.9 Å². The number of anilines is 1. The van der Waals surface area contributed by atoms with Gasteiger partial charge < -0.3 is 15.2 Å². The number of nitrogens with zero attached hydrogens (tertiary/aromatic N) is 2. The van der Waals surface area contributed by atoms with Crippen LogP contribution in [0.5, 0.6) is 11.5 Å². The Morgan fingerprint density at radius 3 is 2.42 bits per heavy atom. The number of nitrogens with one attached hydrogen (secondary N) is 1. The number of carbonyl (C=O) groups is 1. The predicted octanol–water partition coefficient (Wildman–Crippen LogP) is 3.46. The van der Waals surface area contributed by atoms with E-state index in [2.05, 4.69) is 15.5 Å². The summed E-state index contributed by atoms with van der Waals surface area (Å²) in [5.74, 6) is -0.920. The van der Waals surface area contributed by atoms with Crippen LogP contribution < -0.4 is 44.7 Å². The van der Waals surface area contributed by atoms with E-state index in [1.807, 2.05) is 0 Å². The van der Waals surface area contributed by atoms with Gasteiger partial charge in [0.15, 0.2) is 0 Å². The summed E-state index contributed by atoms with van der Waals surface area (Å²) in [6.07, 6.45) is 0. The summed E-state index contributed by atoms with van der Waals surface area (Å²) in [6.45, 7) is 1.53. The fourth-order valence-corrected chi connectivity index (χ4v) is 4.84. The number of aryl methyl sites for hydroxylation is 1. The van der Waals surface area contributed by atoms with E-state index in [0.29, 0.717) is 22.1 Å². The summed E-state index contributed by atoms with van der Waals surface area (Å²) in [5, 5.41) is 25.1. The average Bonchev–Trinajstić information content (AvgIpc) is 2.85. The van der Waals surface area contributed by atoms with Gasteiger partial charge in [0.2, 0.25) is 0 Å². The Hall–Kier alpha value is -2.70. The topological polar surface area (TPSA) is 140 Å². The second-order valence-corrected chi connectivity index (χ2v) is 10.0. The van der Waals surface area contributed by atoms with Crippen molar-refractivity contribution in [3.8, 4) is 11.5 Å². The monoisotopic (exact) mass is 581 g/mol. The molecule has 0 radical (unpaired) electrons. The molecule has 0 fully saturated rings. The molecule has 0 aliphatic carbocycles. The van der Waals surface area contributed by atoms with E-state index >= 15 is 0 Å². The minimum atomic E-state index is -4.63. The van der Waals surface area contributed by atoms with Crippen LogP contribution in [0.3, 0.4) is 0 Å². The molecule has 9 nitrogen and oxygen atoms in total. The normalized spacial score (nSPS) is 11.4. The molecular formula is C25H18Cl2N3NaO6S. The van der Waals surface area contributed by atoms with Crippen LogP contribution in [-0.2, 0) is 10.1 Å². The Kier molecular flexibility index (Phi) is 9.43. The number of methoxy groups -OCH3 is 1. The minimum Gasteiger partial charge on any atom is -0.870 e. The van der Waals surface area contributed by atoms with E-state index in [1.165, 1.54) is 32.2 Å². The summed E-state index contributed by atoms with van der Waals surface area (Å²) >= 11 is 12.2. The molecule has 38 heavy (non-hydrogen) atoms. The summed E-state index contributed by atoms with van der Waals surface area (Å²) in [5.41, 5.74) is 0.286. The Balaban J connectivity index is 0.00000400. The first-order valence-corrected chi connectivity index (χ1v) is 12.8. The van der Waals surface area contributed by atoms with Crippen molar-refractivity contribution in [3.05, 3.63) is 81.8 Å². The van der Waals surface area contributed by atoms with Gasteiger partial charge in [-0.05, 0) is 48.2 Å². The van der Waals surface area contributed by atoms with Crippen molar-refractivity contribution in [3.63, 3.8) is 0 Å². The fourth-order valence-electron chi connectivity index (χ4n) is 3.56. The summed E-state index contributed by atoms with van der Waals surface area (Å²) in [6, 6.07) is 15.3. The first kappa shape index (κ1) is 29.9. The second kappa shape index (κ2) is 12.0. The molecule has 4 aromatic carbocycles. The maximum atomic E-state index is 13.3. The molecule has 13 heteroatoms. The number of hydrogen-bond donors (Lipinski definition) is 2. The third-order valence-corrected chi connectivity index (χ3v) is 7.20. The van der Waals surface area contributed by atoms with Gasteiger partial charge in [0, 0.05) is 17.0 Å². The molecule has 2 N–H and O–H groups in total. The zero-order valence-corrected chi connectivity index (χ0v) is 24.6. The van der Waals surface area contributed by atoms with Crippen LogP contribution in [0.25, 0.3) is 10.8 Å². The Morgan fingerprint density at radius 1 is 1.05 bits per heavy atom. The molecule has 0 atom stereocenters. The maximum absolute atomic E-state index is 13.3. The van der Waals surface area contributed by atoms with Crippen LogP contribution in [0.1, 0.15) is 15.9 Å². The van der Waals surface area contributed by atoms with Gasteiger partial charge in [0.1, 0.15) is 10.6 Å². The quantitative estimate of drug-likeness (QED) is 0.203. The van der Waals surface area contributed by atoms with Gasteiger partial charge in [0.25, 0.3) is 16.0 Å². The van der Waals surface area contributed by atoms with Crippen LogP contribution in [0.15, 0.2) is 75.8 Å². The Bertz CT molecular complexity index is 1700. The van der Waals surface area contributed by atoms with E-state index < -0.39 is 26.7 Å². The van der Waals surface area contributed by atoms with E-state index in [0.717, 1.165) is 6.07 Å². The van der Waals surface area contributed by atoms with E-state index in [4.69, 9.17) is 27.9 Å². The van der Waals surface area contributed by atoms with Crippen molar-refractivity contribution in [1.29, 1.82) is 0 Å². The first-order chi connectivity index (χ1) is 17.5. The fraction of sp³-hybridized carbons (Fsp3) is 0.0800. The summed E-state index contributed by atoms with van der Waals surface area (Å²) in [7, 11) is -3.15. The largest absolute Gasteiger partial charge is 1.00 e. The molecule has 0 aliphatic rings. The number of hydrogen-bond acceptors (Lipinski definition) is 7. The molecule has 0 saturated heterocycles. The van der Waals surface area contributed by atoms with Gasteiger partial charge >= 0.3 is 29.6 Å². The molecule has 0 saturated carbocycles. The van der Waals surface area contributed by atoms with Crippen LogP contribution in [0.4, 0.5) is 17.1 Å². The van der Waals surface area contributed by atoms with E-state index in [1.54, 1.807) is 36.4 Å². The Morgan fingerprint density at radius 2 is 1.76 bits per heavy atom. The minimum absolute atomic E-state index is 0. The molecule has 4 rings (SSSR count). The zero-order chi connectivity index (χ0) is 26.9. The summed E-state index contributed by atoms with van der Waals surface area (Å²) < 4.78 is 37.9. The van der Waals surface area contributed by atoms with Gasteiger partial charge in [-0.25, -0.2) is 0 Å². The molecular weight excluding hydrogens is 564 g/mol. The number of carbonyl (C=O) groups excluding carboxylic acids is 1. The van der Waals surface area contributed by atoms with Crippen molar-refractivity contribution in [2.24, 2.45) is 10.2 Å². The molecule has 1 amide bonds. The van der Waals surface area contributed by atoms with Crippen molar-refractivity contribution in [2.45, 2.75) is 11.8 Å². The SMILES string of the molecule is COc1ccc(NC(=O)c2cc3ccccc3c(N=Nc3cc(C)c(Cl)c(S(=O)(=O)O)c3)c2[O-])c(Cl)c1.[Na+]. The smallest absolute Gasteiger partial charge is 0.870 e. The van der Waals surface area contributed by atoms with Crippen LogP contribution >= 0.6 is 23.2 Å². The number of ether oxygens (including phenoxy) is 1. The number of fused-ring (bicyclic) bond motifs is 1. The van der Waals surface area contributed by atoms with Crippen LogP contribution in [0.2, 0.25) is 10.0 Å². The number of benzene rings is 4. The predicted molar refractivity (Wildman–Crippen MR) is 140 cm³/mol. The molecule has 0 heterocycles. The zero-order valence-electron chi connectivity index (χ0n) is 20.3. The van der Waals surface area contributed by atoms with Crippen molar-refractivity contribution in [1.82, 2.24) is 0 Å². The summed E-state index contributed by atoms with van der Waals surface area (Å²) in [4.78, 5) is 12.5. The number of halogens is 2. The van der Waals surface area contributed by atoms with Gasteiger partial charge in [-0.2, -0.15) is 18.6 Å². The number of amides is 1. The number of azo groups is 1. The molecule has 190 valence electrons. The molecule has 0 aliphatic heterocycles. The van der Waals surface area contributed by atoms with Gasteiger partial charge in [-0.1, -0.05) is 53.2 Å². The van der Waals surface area contributed by atoms with Crippen molar-refractivity contribution < 1.29 is 57.2 Å². The third kappa shape index (κ3) is 6.29. The van der Waals surface area contributed by atoms with Crippen LogP contribution in [-0.4, -0.2) is 26.0 Å². The van der Waals surface area contributed by atoms with Gasteiger partial charge in [-0.15, -0.1) is 0 Å². The third-order valence-electron chi connectivity index (χ3n) is 5.39. The maximum Gasteiger partial charge on any atom is 1.00 e. The second-order valence-electron chi connectivity index (χ2n) is 7.87. The van der Waals surface area contributed by atoms with Crippen LogP contribution in [0, 0.1) is 6.92 Å². The molecule has 0 spiro atoms. The average molecular weight is 582 g/mol. The Labute approximate surface area is 250 Å².